The van der Waals surface area contributed by atoms with Crippen LogP contribution in [0.1, 0.15) is 31.2 Å². The molecule has 0 aromatic heterocycles. The summed E-state index contributed by atoms with van der Waals surface area (Å²) in [6.07, 6.45) is 4.86. The van der Waals surface area contributed by atoms with Gasteiger partial charge in [0, 0.05) is 12.6 Å². The summed E-state index contributed by atoms with van der Waals surface area (Å²) in [6.45, 7) is 2.76. The Hall–Kier alpha value is -1.17. The highest BCUT2D eigenvalue weighted by atomic mass is 35.5. The van der Waals surface area contributed by atoms with Gasteiger partial charge in [0.05, 0.1) is 21.3 Å². The molecule has 1 unspecified atom stereocenters. The number of halogens is 1. The van der Waals surface area contributed by atoms with Crippen molar-refractivity contribution in [2.75, 3.05) is 34.4 Å². The van der Waals surface area contributed by atoms with Crippen LogP contribution in [0, 0.1) is 0 Å². The van der Waals surface area contributed by atoms with Crippen LogP contribution >= 0.6 is 12.4 Å². The van der Waals surface area contributed by atoms with Gasteiger partial charge in [-0.1, -0.05) is 6.42 Å². The predicted molar refractivity (Wildman–Crippen MR) is 95.1 cm³/mol. The highest BCUT2D eigenvalue weighted by Gasteiger charge is 2.23. The van der Waals surface area contributed by atoms with Gasteiger partial charge in [0.2, 0.25) is 5.75 Å². The first-order valence-electron chi connectivity index (χ1n) is 7.96. The summed E-state index contributed by atoms with van der Waals surface area (Å²) in [7, 11) is 4.93. The van der Waals surface area contributed by atoms with E-state index in [2.05, 4.69) is 4.90 Å². The van der Waals surface area contributed by atoms with Gasteiger partial charge in [-0.25, -0.2) is 0 Å². The second kappa shape index (κ2) is 9.85. The standard InChI is InChI=1S/C17H28N2O3.ClH/c1-20-15-10-13(11-16(21-2)17(15)22-3)12-19-9-5-4-6-14(19)7-8-18;/h10-11,14H,4-9,12,18H2,1-3H3;1H. The molecule has 0 spiro atoms. The van der Waals surface area contributed by atoms with Crippen LogP contribution in [0.2, 0.25) is 0 Å². The molecule has 0 saturated carbocycles. The van der Waals surface area contributed by atoms with Crippen molar-refractivity contribution in [3.05, 3.63) is 17.7 Å². The van der Waals surface area contributed by atoms with E-state index in [-0.39, 0.29) is 12.4 Å². The fraction of sp³-hybridized carbons (Fsp3) is 0.647. The molecular formula is C17H29ClN2O3. The van der Waals surface area contributed by atoms with Crippen LogP contribution in [-0.2, 0) is 6.54 Å². The number of hydrogen-bond donors (Lipinski definition) is 1. The Kier molecular flexibility index (Phi) is 8.52. The van der Waals surface area contributed by atoms with Crippen LogP contribution in [0.4, 0.5) is 0 Å². The lowest BCUT2D eigenvalue weighted by molar-refractivity contribution is 0.134. The number of hydrogen-bond acceptors (Lipinski definition) is 5. The minimum atomic E-state index is 0. The maximum atomic E-state index is 5.76. The normalized spacial score (nSPS) is 18.2. The molecule has 1 saturated heterocycles. The number of nitrogens with two attached hydrogens (primary N) is 1. The molecule has 0 aliphatic carbocycles. The van der Waals surface area contributed by atoms with Crippen molar-refractivity contribution in [3.8, 4) is 17.2 Å². The molecule has 1 heterocycles. The molecular weight excluding hydrogens is 316 g/mol. The Labute approximate surface area is 145 Å². The Morgan fingerprint density at radius 2 is 1.74 bits per heavy atom. The molecule has 0 bridgehead atoms. The molecule has 1 aromatic rings. The fourth-order valence-corrected chi connectivity index (χ4v) is 3.25. The molecule has 0 radical (unpaired) electrons. The SMILES string of the molecule is COc1cc(CN2CCCCC2CCN)cc(OC)c1OC.Cl. The van der Waals surface area contributed by atoms with Gasteiger partial charge < -0.3 is 19.9 Å². The summed E-state index contributed by atoms with van der Waals surface area (Å²) in [5.41, 5.74) is 6.94. The third-order valence-electron chi connectivity index (χ3n) is 4.36. The van der Waals surface area contributed by atoms with Crippen LogP contribution in [0.15, 0.2) is 12.1 Å². The largest absolute Gasteiger partial charge is 0.493 e. The van der Waals surface area contributed by atoms with E-state index >= 15 is 0 Å². The molecule has 0 amide bonds. The zero-order valence-electron chi connectivity index (χ0n) is 14.3. The molecule has 1 aromatic carbocycles. The number of benzene rings is 1. The van der Waals surface area contributed by atoms with Gasteiger partial charge >= 0.3 is 0 Å². The van der Waals surface area contributed by atoms with E-state index in [0.29, 0.717) is 23.3 Å². The smallest absolute Gasteiger partial charge is 0.203 e. The van der Waals surface area contributed by atoms with Crippen LogP contribution in [0.25, 0.3) is 0 Å². The number of methoxy groups -OCH3 is 3. The van der Waals surface area contributed by atoms with Gasteiger partial charge in [0.15, 0.2) is 11.5 Å². The first kappa shape index (κ1) is 19.9. The van der Waals surface area contributed by atoms with Crippen molar-refractivity contribution in [2.45, 2.75) is 38.3 Å². The Balaban J connectivity index is 0.00000264. The molecule has 132 valence electrons. The number of nitrogens with zero attached hydrogens (tertiary/aromatic N) is 1. The number of ether oxygens (including phenoxy) is 3. The first-order chi connectivity index (χ1) is 10.7. The fourth-order valence-electron chi connectivity index (χ4n) is 3.25. The average Bonchev–Trinajstić information content (AvgIpc) is 2.55. The Morgan fingerprint density at radius 3 is 2.26 bits per heavy atom. The molecule has 23 heavy (non-hydrogen) atoms. The zero-order valence-corrected chi connectivity index (χ0v) is 15.2. The monoisotopic (exact) mass is 344 g/mol. The van der Waals surface area contributed by atoms with Crippen molar-refractivity contribution >= 4 is 12.4 Å². The van der Waals surface area contributed by atoms with Crippen molar-refractivity contribution in [1.82, 2.24) is 4.90 Å². The van der Waals surface area contributed by atoms with E-state index in [1.165, 1.54) is 24.8 Å². The topological polar surface area (TPSA) is 57.0 Å². The maximum absolute atomic E-state index is 5.76. The highest BCUT2D eigenvalue weighted by molar-refractivity contribution is 5.85. The van der Waals surface area contributed by atoms with E-state index in [1.807, 2.05) is 12.1 Å². The first-order valence-corrected chi connectivity index (χ1v) is 7.96. The number of likely N-dealkylation sites (tertiary alicyclic amines) is 1. The van der Waals surface area contributed by atoms with Gasteiger partial charge in [-0.05, 0) is 50.0 Å². The van der Waals surface area contributed by atoms with Crippen molar-refractivity contribution < 1.29 is 14.2 Å². The van der Waals surface area contributed by atoms with Crippen molar-refractivity contribution in [2.24, 2.45) is 5.73 Å². The average molecular weight is 345 g/mol. The van der Waals surface area contributed by atoms with Gasteiger partial charge in [-0.2, -0.15) is 0 Å². The van der Waals surface area contributed by atoms with Crippen molar-refractivity contribution in [3.63, 3.8) is 0 Å². The third-order valence-corrected chi connectivity index (χ3v) is 4.36. The number of piperidine rings is 1. The maximum Gasteiger partial charge on any atom is 0.203 e. The van der Waals surface area contributed by atoms with Crippen LogP contribution in [0.3, 0.4) is 0 Å². The molecule has 5 nitrogen and oxygen atoms in total. The summed E-state index contributed by atoms with van der Waals surface area (Å²) in [4.78, 5) is 2.52. The zero-order chi connectivity index (χ0) is 15.9. The lowest BCUT2D eigenvalue weighted by Gasteiger charge is -2.35. The van der Waals surface area contributed by atoms with Crippen molar-refractivity contribution in [1.29, 1.82) is 0 Å². The Morgan fingerprint density at radius 1 is 1.09 bits per heavy atom. The Bertz CT molecular complexity index is 458. The molecule has 1 aliphatic heterocycles. The molecule has 6 heteroatoms. The lowest BCUT2D eigenvalue weighted by Crippen LogP contribution is -2.40. The summed E-state index contributed by atoms with van der Waals surface area (Å²) in [5, 5.41) is 0. The lowest BCUT2D eigenvalue weighted by atomic mass is 9.98. The molecule has 1 aliphatic rings. The van der Waals surface area contributed by atoms with E-state index in [1.54, 1.807) is 21.3 Å². The summed E-state index contributed by atoms with van der Waals surface area (Å²) in [5.74, 6) is 2.07. The van der Waals surface area contributed by atoms with E-state index in [0.717, 1.165) is 26.1 Å². The molecule has 1 atom stereocenters. The molecule has 1 fully saturated rings. The second-order valence-electron chi connectivity index (χ2n) is 5.73. The van der Waals surface area contributed by atoms with Crippen LogP contribution in [-0.4, -0.2) is 45.4 Å². The molecule has 2 rings (SSSR count). The predicted octanol–water partition coefficient (Wildman–Crippen LogP) is 2.84. The van der Waals surface area contributed by atoms with Gasteiger partial charge in [-0.15, -0.1) is 12.4 Å². The summed E-state index contributed by atoms with van der Waals surface area (Å²) in [6, 6.07) is 4.66. The summed E-state index contributed by atoms with van der Waals surface area (Å²) < 4.78 is 16.3. The van der Waals surface area contributed by atoms with Crippen LogP contribution < -0.4 is 19.9 Å². The number of rotatable bonds is 7. The third kappa shape index (κ3) is 4.90. The van der Waals surface area contributed by atoms with Gasteiger partial charge in [0.25, 0.3) is 0 Å². The second-order valence-corrected chi connectivity index (χ2v) is 5.73. The summed E-state index contributed by atoms with van der Waals surface area (Å²) >= 11 is 0. The van der Waals surface area contributed by atoms with Gasteiger partial charge in [-0.3, -0.25) is 4.90 Å². The van der Waals surface area contributed by atoms with Crippen LogP contribution in [0.5, 0.6) is 17.2 Å². The van der Waals surface area contributed by atoms with Gasteiger partial charge in [0.1, 0.15) is 0 Å². The van der Waals surface area contributed by atoms with E-state index < -0.39 is 0 Å². The van der Waals surface area contributed by atoms with E-state index in [9.17, 15) is 0 Å². The highest BCUT2D eigenvalue weighted by Crippen LogP contribution is 2.38. The van der Waals surface area contributed by atoms with E-state index in [4.69, 9.17) is 19.9 Å². The minimum Gasteiger partial charge on any atom is -0.493 e. The minimum absolute atomic E-state index is 0. The molecule has 2 N–H and O–H groups in total. The quantitative estimate of drug-likeness (QED) is 0.824.